The van der Waals surface area contributed by atoms with Gasteiger partial charge in [0.15, 0.2) is 0 Å². The van der Waals surface area contributed by atoms with E-state index < -0.39 is 0 Å². The molecule has 0 radical (unpaired) electrons. The lowest BCUT2D eigenvalue weighted by atomic mass is 10.3. The van der Waals surface area contributed by atoms with Crippen LogP contribution in [0.25, 0.3) is 0 Å². The molecule has 0 aliphatic carbocycles. The summed E-state index contributed by atoms with van der Waals surface area (Å²) >= 11 is 0. The van der Waals surface area contributed by atoms with Gasteiger partial charge in [0.1, 0.15) is 6.23 Å². The van der Waals surface area contributed by atoms with E-state index in [2.05, 4.69) is 29.4 Å². The summed E-state index contributed by atoms with van der Waals surface area (Å²) in [6, 6.07) is 0.528. The summed E-state index contributed by atoms with van der Waals surface area (Å²) in [4.78, 5) is 2.10. The first-order valence-electron chi connectivity index (χ1n) is 5.06. The van der Waals surface area contributed by atoms with Gasteiger partial charge in [-0.1, -0.05) is 13.8 Å². The van der Waals surface area contributed by atoms with Gasteiger partial charge in [0.25, 0.3) is 0 Å². The highest BCUT2D eigenvalue weighted by molar-refractivity contribution is 4.72. The third-order valence-corrected chi connectivity index (χ3v) is 2.28. The lowest BCUT2D eigenvalue weighted by molar-refractivity contribution is -0.0117. The summed E-state index contributed by atoms with van der Waals surface area (Å²) in [7, 11) is 0. The predicted molar refractivity (Wildman–Crippen MR) is 53.6 cm³/mol. The molecule has 1 rings (SSSR count). The summed E-state index contributed by atoms with van der Waals surface area (Å²) in [5, 5.41) is 16.1. The molecule has 0 aromatic heterocycles. The van der Waals surface area contributed by atoms with Gasteiger partial charge in [-0.3, -0.25) is 4.90 Å². The monoisotopic (exact) mass is 187 g/mol. The molecule has 0 spiro atoms. The van der Waals surface area contributed by atoms with Crippen LogP contribution in [0.1, 0.15) is 13.8 Å². The molecule has 4 heteroatoms. The molecule has 13 heavy (non-hydrogen) atoms. The van der Waals surface area contributed by atoms with E-state index in [1.807, 2.05) is 0 Å². The van der Waals surface area contributed by atoms with E-state index in [9.17, 15) is 5.11 Å². The molecule has 0 aromatic carbocycles. The molecule has 1 atom stereocenters. The fourth-order valence-corrected chi connectivity index (χ4v) is 1.49. The average molecular weight is 187 g/mol. The summed E-state index contributed by atoms with van der Waals surface area (Å²) in [6.45, 7) is 8.78. The summed E-state index contributed by atoms with van der Waals surface area (Å²) < 4.78 is 0. The highest BCUT2D eigenvalue weighted by Crippen LogP contribution is 1.98. The SMILES string of the molecule is CC(C)NCCN1CCNCC1O. The molecule has 1 heterocycles. The highest BCUT2D eigenvalue weighted by Gasteiger charge is 2.18. The number of nitrogens with zero attached hydrogens (tertiary/aromatic N) is 1. The van der Waals surface area contributed by atoms with E-state index >= 15 is 0 Å². The van der Waals surface area contributed by atoms with Crippen molar-refractivity contribution >= 4 is 0 Å². The number of rotatable bonds is 4. The first kappa shape index (κ1) is 10.9. The molecule has 78 valence electrons. The Kier molecular flexibility index (Phi) is 4.66. The Morgan fingerprint density at radius 3 is 3.00 bits per heavy atom. The zero-order valence-electron chi connectivity index (χ0n) is 8.58. The number of aliphatic hydroxyl groups excluding tert-OH is 1. The Labute approximate surface area is 80.3 Å². The Morgan fingerprint density at radius 1 is 1.62 bits per heavy atom. The van der Waals surface area contributed by atoms with Crippen LogP contribution >= 0.6 is 0 Å². The molecule has 3 N–H and O–H groups in total. The van der Waals surface area contributed by atoms with Crippen molar-refractivity contribution < 1.29 is 5.11 Å². The minimum Gasteiger partial charge on any atom is -0.377 e. The zero-order chi connectivity index (χ0) is 9.68. The molecule has 0 aromatic rings. The molecule has 1 saturated heterocycles. The van der Waals surface area contributed by atoms with Gasteiger partial charge < -0.3 is 15.7 Å². The standard InChI is InChI=1S/C9H21N3O/c1-8(2)11-4-6-12-5-3-10-7-9(12)13/h8-11,13H,3-7H2,1-2H3. The fraction of sp³-hybridized carbons (Fsp3) is 1.00. The number of hydrogen-bond donors (Lipinski definition) is 3. The van der Waals surface area contributed by atoms with E-state index in [-0.39, 0.29) is 6.23 Å². The van der Waals surface area contributed by atoms with E-state index in [4.69, 9.17) is 0 Å². The Hall–Kier alpha value is -0.160. The van der Waals surface area contributed by atoms with Crippen molar-refractivity contribution in [3.8, 4) is 0 Å². The molecule has 1 aliphatic rings. The second-order valence-corrected chi connectivity index (χ2v) is 3.83. The van der Waals surface area contributed by atoms with Crippen LogP contribution < -0.4 is 10.6 Å². The highest BCUT2D eigenvalue weighted by atomic mass is 16.3. The van der Waals surface area contributed by atoms with Crippen LogP contribution in [0.3, 0.4) is 0 Å². The Morgan fingerprint density at radius 2 is 2.38 bits per heavy atom. The van der Waals surface area contributed by atoms with Gasteiger partial charge >= 0.3 is 0 Å². The summed E-state index contributed by atoms with van der Waals surface area (Å²) in [5.74, 6) is 0. The summed E-state index contributed by atoms with van der Waals surface area (Å²) in [6.07, 6.45) is -0.303. The maximum absolute atomic E-state index is 9.57. The molecular weight excluding hydrogens is 166 g/mol. The number of nitrogens with one attached hydrogen (secondary N) is 2. The molecular formula is C9H21N3O. The third-order valence-electron chi connectivity index (χ3n) is 2.28. The van der Waals surface area contributed by atoms with Crippen LogP contribution in [0.5, 0.6) is 0 Å². The average Bonchev–Trinajstić information content (AvgIpc) is 2.08. The zero-order valence-corrected chi connectivity index (χ0v) is 8.58. The predicted octanol–water partition coefficient (Wildman–Crippen LogP) is -0.792. The van der Waals surface area contributed by atoms with E-state index in [1.165, 1.54) is 0 Å². The number of β-amino-alcohol motifs (C(OH)–C–C–N with tert-alkyl or cyclic N) is 1. The third kappa shape index (κ3) is 4.04. The maximum Gasteiger partial charge on any atom is 0.120 e. The van der Waals surface area contributed by atoms with Crippen molar-refractivity contribution in [3.63, 3.8) is 0 Å². The van der Waals surface area contributed by atoms with E-state index in [0.29, 0.717) is 12.6 Å². The second-order valence-electron chi connectivity index (χ2n) is 3.83. The summed E-state index contributed by atoms with van der Waals surface area (Å²) in [5.41, 5.74) is 0. The van der Waals surface area contributed by atoms with Crippen molar-refractivity contribution in [2.75, 3.05) is 32.7 Å². The first-order valence-corrected chi connectivity index (χ1v) is 5.06. The first-order chi connectivity index (χ1) is 6.20. The molecule has 1 aliphatic heterocycles. The normalized spacial score (nSPS) is 25.4. The minimum absolute atomic E-state index is 0.303. The lowest BCUT2D eigenvalue weighted by Gasteiger charge is -2.32. The van der Waals surface area contributed by atoms with Crippen LogP contribution in [0.15, 0.2) is 0 Å². The quantitative estimate of drug-likeness (QED) is 0.540. The Bertz CT molecular complexity index is 141. The molecule has 1 fully saturated rings. The molecule has 0 amide bonds. The number of hydrogen-bond acceptors (Lipinski definition) is 4. The van der Waals surface area contributed by atoms with E-state index in [1.54, 1.807) is 0 Å². The topological polar surface area (TPSA) is 47.5 Å². The number of aliphatic hydroxyl groups is 1. The smallest absolute Gasteiger partial charge is 0.120 e. The van der Waals surface area contributed by atoms with E-state index in [0.717, 1.165) is 26.2 Å². The molecule has 4 nitrogen and oxygen atoms in total. The van der Waals surface area contributed by atoms with Crippen molar-refractivity contribution in [1.82, 2.24) is 15.5 Å². The molecule has 1 unspecified atom stereocenters. The van der Waals surface area contributed by atoms with Crippen molar-refractivity contribution in [2.45, 2.75) is 26.1 Å². The molecule has 0 saturated carbocycles. The fourth-order valence-electron chi connectivity index (χ4n) is 1.49. The van der Waals surface area contributed by atoms with Gasteiger partial charge in [-0.2, -0.15) is 0 Å². The van der Waals surface area contributed by atoms with Crippen LogP contribution in [-0.4, -0.2) is 55.0 Å². The maximum atomic E-state index is 9.57. The van der Waals surface area contributed by atoms with Gasteiger partial charge in [-0.15, -0.1) is 0 Å². The molecule has 0 bridgehead atoms. The van der Waals surface area contributed by atoms with Crippen LogP contribution in [-0.2, 0) is 0 Å². The van der Waals surface area contributed by atoms with Gasteiger partial charge in [0, 0.05) is 38.8 Å². The van der Waals surface area contributed by atoms with Crippen LogP contribution in [0, 0.1) is 0 Å². The second kappa shape index (κ2) is 5.54. The van der Waals surface area contributed by atoms with Crippen molar-refractivity contribution in [2.24, 2.45) is 0 Å². The van der Waals surface area contributed by atoms with Gasteiger partial charge in [0.05, 0.1) is 0 Å². The van der Waals surface area contributed by atoms with Crippen molar-refractivity contribution in [3.05, 3.63) is 0 Å². The van der Waals surface area contributed by atoms with Crippen LogP contribution in [0.4, 0.5) is 0 Å². The number of piperazine rings is 1. The minimum atomic E-state index is -0.303. The Balaban J connectivity index is 2.11. The van der Waals surface area contributed by atoms with Gasteiger partial charge in [-0.05, 0) is 0 Å². The lowest BCUT2D eigenvalue weighted by Crippen LogP contribution is -2.53. The van der Waals surface area contributed by atoms with Crippen molar-refractivity contribution in [1.29, 1.82) is 0 Å². The largest absolute Gasteiger partial charge is 0.377 e. The van der Waals surface area contributed by atoms with Crippen LogP contribution in [0.2, 0.25) is 0 Å². The van der Waals surface area contributed by atoms with Gasteiger partial charge in [0.2, 0.25) is 0 Å². The van der Waals surface area contributed by atoms with Gasteiger partial charge in [-0.25, -0.2) is 0 Å².